The summed E-state index contributed by atoms with van der Waals surface area (Å²) in [5.41, 5.74) is 1.95. The Hall–Kier alpha value is -2.98. The molecule has 1 N–H and O–H groups in total. The summed E-state index contributed by atoms with van der Waals surface area (Å²) in [5, 5.41) is 4.01. The molecule has 44 heavy (non-hydrogen) atoms. The molecule has 0 bridgehead atoms. The van der Waals surface area contributed by atoms with Crippen molar-refractivity contribution in [3.63, 3.8) is 0 Å². The van der Waals surface area contributed by atoms with Crippen LogP contribution in [-0.2, 0) is 32.6 Å². The molecule has 12 heteroatoms. The molecule has 0 unspecified atom stereocenters. The van der Waals surface area contributed by atoms with Crippen molar-refractivity contribution in [1.29, 1.82) is 0 Å². The number of anilines is 1. The van der Waals surface area contributed by atoms with E-state index in [1.54, 1.807) is 35.2 Å². The Bertz CT molecular complexity index is 1540. The molecule has 0 aromatic heterocycles. The Balaban J connectivity index is 1.92. The number of benzene rings is 3. The van der Waals surface area contributed by atoms with Gasteiger partial charge in [-0.15, -0.1) is 0 Å². The monoisotopic (exact) mass is 681 g/mol. The molecule has 2 atom stereocenters. The molecular weight excluding hydrogens is 645 g/mol. The van der Waals surface area contributed by atoms with Gasteiger partial charge in [-0.05, 0) is 61.2 Å². The summed E-state index contributed by atoms with van der Waals surface area (Å²) >= 11 is 18.7. The fourth-order valence-corrected chi connectivity index (χ4v) is 6.17. The van der Waals surface area contributed by atoms with Crippen molar-refractivity contribution in [3.8, 4) is 5.75 Å². The Kier molecular flexibility index (Phi) is 13.2. The maximum atomic E-state index is 14.0. The van der Waals surface area contributed by atoms with Gasteiger partial charge in [0.15, 0.2) is 0 Å². The summed E-state index contributed by atoms with van der Waals surface area (Å²) in [4.78, 5) is 29.2. The lowest BCUT2D eigenvalue weighted by atomic mass is 10.0. The fourth-order valence-electron chi connectivity index (χ4n) is 4.64. The van der Waals surface area contributed by atoms with Crippen LogP contribution in [0, 0.1) is 0 Å². The molecule has 0 aliphatic rings. The molecule has 0 radical (unpaired) electrons. The lowest BCUT2D eigenvalue weighted by molar-refractivity contribution is -0.141. The summed E-state index contributed by atoms with van der Waals surface area (Å²) in [7, 11) is -2.23. The highest BCUT2D eigenvalue weighted by Crippen LogP contribution is 2.30. The number of carbonyl (C=O) groups is 2. The lowest BCUT2D eigenvalue weighted by Crippen LogP contribution is -2.52. The van der Waals surface area contributed by atoms with Crippen molar-refractivity contribution in [2.24, 2.45) is 0 Å². The van der Waals surface area contributed by atoms with Gasteiger partial charge < -0.3 is 15.0 Å². The first kappa shape index (κ1) is 35.5. The molecule has 3 aromatic rings. The van der Waals surface area contributed by atoms with Gasteiger partial charge in [0.25, 0.3) is 0 Å². The zero-order valence-electron chi connectivity index (χ0n) is 25.2. The van der Waals surface area contributed by atoms with Crippen molar-refractivity contribution in [1.82, 2.24) is 10.2 Å². The summed E-state index contributed by atoms with van der Waals surface area (Å²) in [5.74, 6) is -0.170. The van der Waals surface area contributed by atoms with Crippen LogP contribution in [0.2, 0.25) is 15.1 Å². The second kappa shape index (κ2) is 16.4. The van der Waals surface area contributed by atoms with Crippen LogP contribution in [-0.4, -0.2) is 57.1 Å². The molecule has 238 valence electrons. The number of sulfonamides is 1. The van der Waals surface area contributed by atoms with Gasteiger partial charge in [-0.1, -0.05) is 78.1 Å². The lowest BCUT2D eigenvalue weighted by Gasteiger charge is -2.33. The molecule has 0 saturated carbocycles. The second-order valence-corrected chi connectivity index (χ2v) is 13.7. The minimum atomic E-state index is -3.70. The summed E-state index contributed by atoms with van der Waals surface area (Å²) in [6.07, 6.45) is 2.29. The normalized spacial score (nSPS) is 12.7. The van der Waals surface area contributed by atoms with Crippen LogP contribution >= 0.6 is 34.8 Å². The van der Waals surface area contributed by atoms with Gasteiger partial charge in [0.2, 0.25) is 21.8 Å². The average molecular weight is 683 g/mol. The highest BCUT2D eigenvalue weighted by atomic mass is 35.5. The van der Waals surface area contributed by atoms with E-state index in [4.69, 9.17) is 39.5 Å². The maximum Gasteiger partial charge on any atom is 0.243 e. The average Bonchev–Trinajstić information content (AvgIpc) is 2.98. The van der Waals surface area contributed by atoms with E-state index >= 15 is 0 Å². The quantitative estimate of drug-likeness (QED) is 0.191. The number of amides is 2. The first-order valence-corrected chi connectivity index (χ1v) is 17.2. The van der Waals surface area contributed by atoms with E-state index < -0.39 is 16.1 Å². The van der Waals surface area contributed by atoms with Crippen LogP contribution in [0.25, 0.3) is 0 Å². The molecule has 0 fully saturated rings. The number of rotatable bonds is 15. The zero-order chi connectivity index (χ0) is 32.4. The summed E-state index contributed by atoms with van der Waals surface area (Å²) < 4.78 is 31.8. The Labute approximate surface area is 275 Å². The van der Waals surface area contributed by atoms with Crippen LogP contribution < -0.4 is 14.4 Å². The van der Waals surface area contributed by atoms with Crippen LogP contribution in [0.3, 0.4) is 0 Å². The Morgan fingerprint density at radius 1 is 0.932 bits per heavy atom. The topological polar surface area (TPSA) is 96.0 Å². The van der Waals surface area contributed by atoms with Gasteiger partial charge in [0.1, 0.15) is 11.8 Å². The number of nitrogens with one attached hydrogen (secondary N) is 1. The number of ether oxygens (including phenoxy) is 1. The van der Waals surface area contributed by atoms with Gasteiger partial charge in [0.05, 0.1) is 34.1 Å². The van der Waals surface area contributed by atoms with E-state index in [9.17, 15) is 18.0 Å². The molecule has 3 rings (SSSR count). The van der Waals surface area contributed by atoms with Crippen molar-refractivity contribution in [2.45, 2.75) is 58.2 Å². The van der Waals surface area contributed by atoms with Gasteiger partial charge in [-0.2, -0.15) is 0 Å². The third-order valence-corrected chi connectivity index (χ3v) is 9.41. The smallest absolute Gasteiger partial charge is 0.243 e. The highest BCUT2D eigenvalue weighted by Gasteiger charge is 2.31. The maximum absolute atomic E-state index is 14.0. The van der Waals surface area contributed by atoms with Gasteiger partial charge in [0, 0.05) is 32.0 Å². The van der Waals surface area contributed by atoms with Crippen LogP contribution in [0.15, 0.2) is 66.7 Å². The van der Waals surface area contributed by atoms with E-state index in [2.05, 4.69) is 5.32 Å². The third kappa shape index (κ3) is 10.0. The SMILES string of the molecule is CC[C@H](C)NC(=O)[C@@H](Cc1ccccc1)N(Cc1ccc(Cl)c(Cl)c1)C(=O)CCCN(c1ccc(OC)c(Cl)c1)S(C)(=O)=O. The van der Waals surface area contributed by atoms with Crippen molar-refractivity contribution in [2.75, 3.05) is 24.2 Å². The molecule has 3 aromatic carbocycles. The number of halogens is 3. The van der Waals surface area contributed by atoms with Gasteiger partial charge in [-0.3, -0.25) is 13.9 Å². The van der Waals surface area contributed by atoms with Crippen LogP contribution in [0.5, 0.6) is 5.75 Å². The minimum Gasteiger partial charge on any atom is -0.495 e. The van der Waals surface area contributed by atoms with Crippen molar-refractivity contribution < 1.29 is 22.7 Å². The molecule has 0 spiro atoms. The van der Waals surface area contributed by atoms with E-state index in [0.717, 1.165) is 18.2 Å². The standard InChI is InChI=1S/C32H38Cl3N3O5S/c1-5-22(2)36-32(40)29(19-23-10-7-6-8-11-23)37(21-24-13-15-26(33)27(34)18-24)31(39)12-9-17-38(44(4,41)42)25-14-16-30(43-3)28(35)20-25/h6-8,10-11,13-16,18,20,22,29H,5,9,12,17,19,21H2,1-4H3,(H,36,40)/t22-,29+/m0/s1. The third-order valence-electron chi connectivity index (χ3n) is 7.18. The van der Waals surface area contributed by atoms with Crippen molar-refractivity contribution in [3.05, 3.63) is 92.9 Å². The predicted octanol–water partition coefficient (Wildman–Crippen LogP) is 6.76. The van der Waals surface area contributed by atoms with E-state index in [-0.39, 0.29) is 55.2 Å². The zero-order valence-corrected chi connectivity index (χ0v) is 28.3. The highest BCUT2D eigenvalue weighted by molar-refractivity contribution is 7.92. The first-order valence-electron chi connectivity index (χ1n) is 14.2. The van der Waals surface area contributed by atoms with E-state index in [1.165, 1.54) is 17.5 Å². The molecule has 0 aliphatic carbocycles. The minimum absolute atomic E-state index is 0.0148. The summed E-state index contributed by atoms with van der Waals surface area (Å²) in [6, 6.07) is 18.3. The van der Waals surface area contributed by atoms with E-state index in [1.807, 2.05) is 44.2 Å². The largest absolute Gasteiger partial charge is 0.495 e. The molecule has 8 nitrogen and oxygen atoms in total. The molecular formula is C32H38Cl3N3O5S. The molecule has 0 aliphatic heterocycles. The van der Waals surface area contributed by atoms with Gasteiger partial charge >= 0.3 is 0 Å². The van der Waals surface area contributed by atoms with Crippen molar-refractivity contribution >= 4 is 62.3 Å². The second-order valence-electron chi connectivity index (χ2n) is 10.6. The Morgan fingerprint density at radius 3 is 2.23 bits per heavy atom. The number of nitrogens with zero attached hydrogens (tertiary/aromatic N) is 2. The number of methoxy groups -OCH3 is 1. The van der Waals surface area contributed by atoms with Crippen LogP contribution in [0.4, 0.5) is 5.69 Å². The molecule has 0 saturated heterocycles. The van der Waals surface area contributed by atoms with E-state index in [0.29, 0.717) is 27.0 Å². The molecule has 2 amide bonds. The number of hydrogen-bond donors (Lipinski definition) is 1. The fraction of sp³-hybridized carbons (Fsp3) is 0.375. The number of hydrogen-bond acceptors (Lipinski definition) is 5. The van der Waals surface area contributed by atoms with Gasteiger partial charge in [-0.25, -0.2) is 8.42 Å². The summed E-state index contributed by atoms with van der Waals surface area (Å²) in [6.45, 7) is 4.01. The first-order chi connectivity index (χ1) is 20.8. The Morgan fingerprint density at radius 2 is 1.64 bits per heavy atom. The van der Waals surface area contributed by atoms with Crippen LogP contribution in [0.1, 0.15) is 44.2 Å². The number of carbonyl (C=O) groups excluding carboxylic acids is 2. The predicted molar refractivity (Wildman–Crippen MR) is 178 cm³/mol. The molecule has 0 heterocycles.